The van der Waals surface area contributed by atoms with Crippen LogP contribution in [0.25, 0.3) is 0 Å². The van der Waals surface area contributed by atoms with Gasteiger partial charge in [0.25, 0.3) is 0 Å². The van der Waals surface area contributed by atoms with Crippen molar-refractivity contribution in [3.8, 4) is 0 Å². The van der Waals surface area contributed by atoms with Gasteiger partial charge < -0.3 is 16.0 Å². The summed E-state index contributed by atoms with van der Waals surface area (Å²) in [5.74, 6) is 0.101. The fraction of sp³-hybridized carbons (Fsp3) is 0. The summed E-state index contributed by atoms with van der Waals surface area (Å²) in [5, 5.41) is 8.32. The molecule has 0 aliphatic heterocycles. The Hall–Kier alpha value is -3.15. The van der Waals surface area contributed by atoms with Crippen molar-refractivity contribution >= 4 is 35.2 Å². The molecule has 6 nitrogen and oxygen atoms in total. The largest absolute Gasteiger partial charge is 0.355 e. The minimum absolute atomic E-state index is 0.322. The maximum Gasteiger partial charge on any atom is 0.248 e. The molecule has 0 spiro atoms. The second-order valence-corrected chi connectivity index (χ2v) is 4.09. The van der Waals surface area contributed by atoms with Crippen LogP contribution in [-0.4, -0.2) is 17.3 Å². The smallest absolute Gasteiger partial charge is 0.248 e. The Kier molecular flexibility index (Phi) is 4.66. The normalized spacial score (nSPS) is 9.52. The number of aromatic nitrogens is 1. The first-order valence-corrected chi connectivity index (χ1v) is 6.18. The number of rotatable bonds is 6. The number of hydrogen-bond acceptors (Lipinski definition) is 4. The second-order valence-electron chi connectivity index (χ2n) is 4.09. The second kappa shape index (κ2) is 6.85. The number of pyridine rings is 1. The van der Waals surface area contributed by atoms with E-state index < -0.39 is 0 Å². The van der Waals surface area contributed by atoms with Gasteiger partial charge in [-0.3, -0.25) is 9.59 Å². The molecule has 0 radical (unpaired) electrons. The number of anilines is 4. The van der Waals surface area contributed by atoms with Gasteiger partial charge in [-0.25, -0.2) is 4.98 Å². The SMILES string of the molecule is C=CC(=O)Nc1cc(Nc2cccc(NC=O)c2)ccn1. The highest BCUT2D eigenvalue weighted by Gasteiger charge is 2.01. The molecule has 0 saturated heterocycles. The van der Waals surface area contributed by atoms with Crippen LogP contribution in [0.3, 0.4) is 0 Å². The molecule has 1 aromatic carbocycles. The molecule has 1 aromatic heterocycles. The Morgan fingerprint density at radius 2 is 1.90 bits per heavy atom. The summed E-state index contributed by atoms with van der Waals surface area (Å²) in [5.41, 5.74) is 2.24. The van der Waals surface area contributed by atoms with Gasteiger partial charge in [-0.1, -0.05) is 12.6 Å². The first-order valence-electron chi connectivity index (χ1n) is 6.18. The van der Waals surface area contributed by atoms with Crippen molar-refractivity contribution in [2.24, 2.45) is 0 Å². The number of nitrogens with zero attached hydrogens (tertiary/aromatic N) is 1. The summed E-state index contributed by atoms with van der Waals surface area (Å²) < 4.78 is 0. The van der Waals surface area contributed by atoms with Gasteiger partial charge in [-0.15, -0.1) is 0 Å². The maximum atomic E-state index is 11.2. The molecule has 1 heterocycles. The third-order valence-electron chi connectivity index (χ3n) is 2.57. The molecule has 2 amide bonds. The Morgan fingerprint density at radius 1 is 1.14 bits per heavy atom. The summed E-state index contributed by atoms with van der Waals surface area (Å²) in [6.45, 7) is 3.38. The standard InChI is InChI=1S/C15H14N4O2/c1-2-15(21)19-14-9-13(6-7-16-14)18-12-5-3-4-11(8-12)17-10-20/h2-10H,1H2,(H,17,20)(H2,16,18,19,21). The Balaban J connectivity index is 2.13. The van der Waals surface area contributed by atoms with Gasteiger partial charge in [0.1, 0.15) is 5.82 Å². The van der Waals surface area contributed by atoms with Crippen molar-refractivity contribution in [2.75, 3.05) is 16.0 Å². The van der Waals surface area contributed by atoms with Gasteiger partial charge in [0, 0.05) is 29.3 Å². The molecule has 2 aromatic rings. The lowest BCUT2D eigenvalue weighted by molar-refractivity contribution is -0.112. The molecule has 0 fully saturated rings. The predicted octanol–water partition coefficient (Wildman–Crippen LogP) is 2.52. The third kappa shape index (κ3) is 4.17. The van der Waals surface area contributed by atoms with E-state index in [4.69, 9.17) is 0 Å². The maximum absolute atomic E-state index is 11.2. The van der Waals surface area contributed by atoms with E-state index in [1.54, 1.807) is 30.5 Å². The molecule has 0 atom stereocenters. The lowest BCUT2D eigenvalue weighted by Gasteiger charge is -2.09. The molecule has 2 rings (SSSR count). The zero-order chi connectivity index (χ0) is 15.1. The average molecular weight is 282 g/mol. The van der Waals surface area contributed by atoms with Crippen molar-refractivity contribution in [2.45, 2.75) is 0 Å². The van der Waals surface area contributed by atoms with E-state index in [0.29, 0.717) is 17.9 Å². The third-order valence-corrected chi connectivity index (χ3v) is 2.57. The summed E-state index contributed by atoms with van der Waals surface area (Å²) >= 11 is 0. The zero-order valence-corrected chi connectivity index (χ0v) is 11.2. The minimum atomic E-state index is -0.322. The first kappa shape index (κ1) is 14.3. The van der Waals surface area contributed by atoms with Crippen LogP contribution in [0.2, 0.25) is 0 Å². The van der Waals surface area contributed by atoms with Crippen molar-refractivity contribution in [3.63, 3.8) is 0 Å². The molecular formula is C15H14N4O2. The zero-order valence-electron chi connectivity index (χ0n) is 11.2. The van der Waals surface area contributed by atoms with E-state index in [9.17, 15) is 9.59 Å². The van der Waals surface area contributed by atoms with Crippen LogP contribution in [0.4, 0.5) is 22.9 Å². The van der Waals surface area contributed by atoms with Crippen LogP contribution in [-0.2, 0) is 9.59 Å². The molecule has 21 heavy (non-hydrogen) atoms. The van der Waals surface area contributed by atoms with Gasteiger partial charge in [-0.2, -0.15) is 0 Å². The first-order chi connectivity index (χ1) is 10.2. The number of carbonyl (C=O) groups excluding carboxylic acids is 2. The fourth-order valence-electron chi connectivity index (χ4n) is 1.68. The van der Waals surface area contributed by atoms with Gasteiger partial charge in [0.15, 0.2) is 0 Å². The highest BCUT2D eigenvalue weighted by Crippen LogP contribution is 2.21. The number of nitrogens with one attached hydrogen (secondary N) is 3. The average Bonchev–Trinajstić information content (AvgIpc) is 2.48. The van der Waals surface area contributed by atoms with Gasteiger partial charge in [0.2, 0.25) is 12.3 Å². The van der Waals surface area contributed by atoms with Gasteiger partial charge >= 0.3 is 0 Å². The van der Waals surface area contributed by atoms with Crippen molar-refractivity contribution < 1.29 is 9.59 Å². The predicted molar refractivity (Wildman–Crippen MR) is 82.5 cm³/mol. The quantitative estimate of drug-likeness (QED) is 0.561. The summed E-state index contributed by atoms with van der Waals surface area (Å²) in [4.78, 5) is 25.7. The molecular weight excluding hydrogens is 268 g/mol. The summed E-state index contributed by atoms with van der Waals surface area (Å²) in [7, 11) is 0. The Bertz CT molecular complexity index is 670. The molecule has 0 saturated carbocycles. The molecule has 6 heteroatoms. The summed E-state index contributed by atoms with van der Waals surface area (Å²) in [6.07, 6.45) is 3.37. The molecule has 3 N–H and O–H groups in total. The van der Waals surface area contributed by atoms with E-state index in [0.717, 1.165) is 11.4 Å². The summed E-state index contributed by atoms with van der Waals surface area (Å²) in [6, 6.07) is 10.7. The van der Waals surface area contributed by atoms with Crippen LogP contribution >= 0.6 is 0 Å². The molecule has 0 aliphatic rings. The van der Waals surface area contributed by atoms with Crippen LogP contribution in [0.5, 0.6) is 0 Å². The van der Waals surface area contributed by atoms with Crippen LogP contribution in [0.15, 0.2) is 55.3 Å². The van der Waals surface area contributed by atoms with Crippen LogP contribution < -0.4 is 16.0 Å². The molecule has 0 bridgehead atoms. The van der Waals surface area contributed by atoms with Gasteiger partial charge in [-0.05, 0) is 30.3 Å². The van der Waals surface area contributed by atoms with Crippen LogP contribution in [0, 0.1) is 0 Å². The number of amides is 2. The Labute approximate surface area is 121 Å². The highest BCUT2D eigenvalue weighted by molar-refractivity contribution is 5.98. The lowest BCUT2D eigenvalue weighted by Crippen LogP contribution is -2.08. The van der Waals surface area contributed by atoms with E-state index >= 15 is 0 Å². The highest BCUT2D eigenvalue weighted by atomic mass is 16.1. The number of hydrogen-bond donors (Lipinski definition) is 3. The van der Waals surface area contributed by atoms with Gasteiger partial charge in [0.05, 0.1) is 0 Å². The fourth-order valence-corrected chi connectivity index (χ4v) is 1.68. The lowest BCUT2D eigenvalue weighted by atomic mass is 10.2. The monoisotopic (exact) mass is 282 g/mol. The van der Waals surface area contributed by atoms with E-state index in [2.05, 4.69) is 27.5 Å². The topological polar surface area (TPSA) is 83.1 Å². The molecule has 0 aliphatic carbocycles. The number of benzene rings is 1. The van der Waals surface area contributed by atoms with Crippen molar-refractivity contribution in [3.05, 3.63) is 55.3 Å². The Morgan fingerprint density at radius 3 is 2.67 bits per heavy atom. The molecule has 106 valence electrons. The van der Waals surface area contributed by atoms with Crippen molar-refractivity contribution in [1.29, 1.82) is 0 Å². The number of carbonyl (C=O) groups is 2. The minimum Gasteiger partial charge on any atom is -0.355 e. The molecule has 0 unspecified atom stereocenters. The van der Waals surface area contributed by atoms with Crippen LogP contribution in [0.1, 0.15) is 0 Å². The van der Waals surface area contributed by atoms with Crippen molar-refractivity contribution in [1.82, 2.24) is 4.98 Å². The van der Waals surface area contributed by atoms with E-state index in [-0.39, 0.29) is 5.91 Å². The van der Waals surface area contributed by atoms with E-state index in [1.807, 2.05) is 12.1 Å². The van der Waals surface area contributed by atoms with E-state index in [1.165, 1.54) is 6.08 Å².